The molecule has 0 radical (unpaired) electrons. The van der Waals surface area contributed by atoms with E-state index in [1.54, 1.807) is 32.9 Å². The van der Waals surface area contributed by atoms with Crippen molar-refractivity contribution in [2.24, 2.45) is 5.92 Å². The van der Waals surface area contributed by atoms with Gasteiger partial charge in [-0.2, -0.15) is 0 Å². The molecule has 1 amide bonds. The molecule has 0 saturated heterocycles. The second-order valence-electron chi connectivity index (χ2n) is 6.49. The quantitative estimate of drug-likeness (QED) is 0.712. The highest BCUT2D eigenvalue weighted by molar-refractivity contribution is 7.89. The summed E-state index contributed by atoms with van der Waals surface area (Å²) in [7, 11) is -3.53. The maximum Gasteiger partial charge on any atom is 0.253 e. The van der Waals surface area contributed by atoms with Crippen LogP contribution in [0.25, 0.3) is 0 Å². The number of hydrogen-bond donors (Lipinski definition) is 2. The number of anilines is 1. The molecule has 1 rings (SSSR count). The van der Waals surface area contributed by atoms with Crippen molar-refractivity contribution in [1.29, 1.82) is 0 Å². The Bertz CT molecular complexity index is 624. The van der Waals surface area contributed by atoms with Crippen LogP contribution in [0.15, 0.2) is 29.2 Å². The Hall–Kier alpha value is -1.44. The molecule has 1 unspecified atom stereocenters. The van der Waals surface area contributed by atoms with E-state index < -0.39 is 16.1 Å². The van der Waals surface area contributed by atoms with E-state index in [2.05, 4.69) is 23.9 Å². The van der Waals surface area contributed by atoms with E-state index in [0.29, 0.717) is 18.2 Å². The summed E-state index contributed by atoms with van der Waals surface area (Å²) in [4.78, 5) is 12.2. The molecule has 0 heterocycles. The summed E-state index contributed by atoms with van der Waals surface area (Å²) in [6.45, 7) is 9.93. The van der Waals surface area contributed by atoms with E-state index in [1.807, 2.05) is 0 Å². The van der Waals surface area contributed by atoms with Gasteiger partial charge in [0.05, 0.1) is 4.90 Å². The molecule has 136 valence electrons. The summed E-state index contributed by atoms with van der Waals surface area (Å²) < 4.78 is 32.1. The molecule has 7 heteroatoms. The van der Waals surface area contributed by atoms with E-state index in [0.717, 1.165) is 6.42 Å². The first kappa shape index (κ1) is 20.6. The van der Waals surface area contributed by atoms with Crippen molar-refractivity contribution in [3.05, 3.63) is 24.3 Å². The van der Waals surface area contributed by atoms with E-state index >= 15 is 0 Å². The average Bonchev–Trinajstić information content (AvgIpc) is 2.45. The number of rotatable bonds is 9. The molecule has 0 spiro atoms. The van der Waals surface area contributed by atoms with Gasteiger partial charge in [0, 0.05) is 18.3 Å². The van der Waals surface area contributed by atoms with Crippen molar-refractivity contribution in [3.8, 4) is 0 Å². The SMILES string of the molecule is CC(C)CCOC(C)C(=O)Nc1ccc(S(=O)(=O)NC(C)C)cc1. The van der Waals surface area contributed by atoms with Gasteiger partial charge in [0.25, 0.3) is 5.91 Å². The summed E-state index contributed by atoms with van der Waals surface area (Å²) in [6.07, 6.45) is 0.335. The highest BCUT2D eigenvalue weighted by Crippen LogP contribution is 2.15. The lowest BCUT2D eigenvalue weighted by atomic mass is 10.1. The van der Waals surface area contributed by atoms with Crippen molar-refractivity contribution in [2.75, 3.05) is 11.9 Å². The smallest absolute Gasteiger partial charge is 0.253 e. The van der Waals surface area contributed by atoms with E-state index in [9.17, 15) is 13.2 Å². The predicted octanol–water partition coefficient (Wildman–Crippen LogP) is 2.76. The van der Waals surface area contributed by atoms with Gasteiger partial charge in [-0.1, -0.05) is 13.8 Å². The zero-order valence-corrected chi connectivity index (χ0v) is 15.8. The van der Waals surface area contributed by atoms with Crippen LogP contribution < -0.4 is 10.0 Å². The van der Waals surface area contributed by atoms with Gasteiger partial charge in [-0.25, -0.2) is 13.1 Å². The van der Waals surface area contributed by atoms with Crippen molar-refractivity contribution in [3.63, 3.8) is 0 Å². The molecule has 2 N–H and O–H groups in total. The second-order valence-corrected chi connectivity index (χ2v) is 8.20. The minimum atomic E-state index is -3.53. The van der Waals surface area contributed by atoms with Crippen LogP contribution in [0.4, 0.5) is 5.69 Å². The van der Waals surface area contributed by atoms with Crippen LogP contribution in [0.5, 0.6) is 0 Å². The summed E-state index contributed by atoms with van der Waals surface area (Å²) in [5.41, 5.74) is 0.530. The van der Waals surface area contributed by atoms with Gasteiger partial charge in [0.1, 0.15) is 6.10 Å². The molecule has 1 atom stereocenters. The molecular weight excluding hydrogens is 328 g/mol. The van der Waals surface area contributed by atoms with Crippen LogP contribution in [0, 0.1) is 5.92 Å². The first-order chi connectivity index (χ1) is 11.1. The fraction of sp³-hybridized carbons (Fsp3) is 0.588. The fourth-order valence-corrected chi connectivity index (χ4v) is 3.15. The highest BCUT2D eigenvalue weighted by atomic mass is 32.2. The molecule has 0 fully saturated rings. The zero-order valence-electron chi connectivity index (χ0n) is 15.0. The summed E-state index contributed by atoms with van der Waals surface area (Å²) in [5.74, 6) is 0.267. The first-order valence-electron chi connectivity index (χ1n) is 8.16. The molecule has 0 bridgehead atoms. The number of carbonyl (C=O) groups excluding carboxylic acids is 1. The van der Waals surface area contributed by atoms with Crippen LogP contribution in [0.3, 0.4) is 0 Å². The number of benzene rings is 1. The lowest BCUT2D eigenvalue weighted by Crippen LogP contribution is -2.30. The van der Waals surface area contributed by atoms with Crippen molar-refractivity contribution in [2.45, 2.75) is 58.1 Å². The van der Waals surface area contributed by atoms with E-state index in [4.69, 9.17) is 4.74 Å². The Morgan fingerprint density at radius 3 is 2.17 bits per heavy atom. The highest BCUT2D eigenvalue weighted by Gasteiger charge is 2.16. The molecule has 0 aliphatic heterocycles. The standard InChI is InChI=1S/C17H28N2O4S/c1-12(2)10-11-23-14(5)17(20)18-15-6-8-16(9-7-15)24(21,22)19-13(3)4/h6-9,12-14,19H,10-11H2,1-5H3,(H,18,20). The average molecular weight is 356 g/mol. The maximum atomic E-state index is 12.0. The molecule has 1 aromatic rings. The topological polar surface area (TPSA) is 84.5 Å². The monoisotopic (exact) mass is 356 g/mol. The molecule has 0 aliphatic rings. The number of nitrogens with one attached hydrogen (secondary N) is 2. The number of carbonyl (C=O) groups is 1. The van der Waals surface area contributed by atoms with Gasteiger partial charge >= 0.3 is 0 Å². The Morgan fingerprint density at radius 2 is 1.67 bits per heavy atom. The van der Waals surface area contributed by atoms with Crippen LogP contribution in [0.1, 0.15) is 41.0 Å². The summed E-state index contributed by atoms with van der Waals surface area (Å²) in [5, 5.41) is 2.72. The summed E-state index contributed by atoms with van der Waals surface area (Å²) in [6, 6.07) is 5.87. The lowest BCUT2D eigenvalue weighted by molar-refractivity contribution is -0.126. The molecule has 0 aliphatic carbocycles. The number of hydrogen-bond acceptors (Lipinski definition) is 4. The Labute approximate surface area is 145 Å². The minimum absolute atomic E-state index is 0.162. The number of sulfonamides is 1. The maximum absolute atomic E-state index is 12.0. The Balaban J connectivity index is 2.62. The van der Waals surface area contributed by atoms with Gasteiger partial charge in [0.2, 0.25) is 10.0 Å². The van der Waals surface area contributed by atoms with E-state index in [1.165, 1.54) is 12.1 Å². The lowest BCUT2D eigenvalue weighted by Gasteiger charge is -2.15. The Morgan fingerprint density at radius 1 is 1.08 bits per heavy atom. The minimum Gasteiger partial charge on any atom is -0.369 e. The third-order valence-electron chi connectivity index (χ3n) is 3.26. The van der Waals surface area contributed by atoms with Crippen LogP contribution in [0.2, 0.25) is 0 Å². The molecule has 0 aromatic heterocycles. The molecule has 1 aromatic carbocycles. The van der Waals surface area contributed by atoms with Gasteiger partial charge in [-0.05, 0) is 57.4 Å². The van der Waals surface area contributed by atoms with Crippen LogP contribution in [-0.4, -0.2) is 33.1 Å². The summed E-state index contributed by atoms with van der Waals surface area (Å²) >= 11 is 0. The normalized spacial score (nSPS) is 13.3. The largest absolute Gasteiger partial charge is 0.369 e. The van der Waals surface area contributed by atoms with Gasteiger partial charge in [-0.15, -0.1) is 0 Å². The third kappa shape index (κ3) is 6.98. The third-order valence-corrected chi connectivity index (χ3v) is 4.93. The van der Waals surface area contributed by atoms with Gasteiger partial charge in [-0.3, -0.25) is 4.79 Å². The van der Waals surface area contributed by atoms with Crippen molar-refractivity contribution < 1.29 is 17.9 Å². The van der Waals surface area contributed by atoms with Crippen molar-refractivity contribution in [1.82, 2.24) is 4.72 Å². The first-order valence-corrected chi connectivity index (χ1v) is 9.65. The second kappa shape index (κ2) is 9.15. The van der Waals surface area contributed by atoms with Crippen molar-refractivity contribution >= 4 is 21.6 Å². The molecular formula is C17H28N2O4S. The molecule has 6 nitrogen and oxygen atoms in total. The number of ether oxygens (including phenoxy) is 1. The zero-order chi connectivity index (χ0) is 18.3. The molecule has 0 saturated carbocycles. The molecule has 24 heavy (non-hydrogen) atoms. The van der Waals surface area contributed by atoms with Gasteiger partial charge in [0.15, 0.2) is 0 Å². The van der Waals surface area contributed by atoms with E-state index in [-0.39, 0.29) is 16.8 Å². The fourth-order valence-electron chi connectivity index (χ4n) is 1.90. The number of amides is 1. The van der Waals surface area contributed by atoms with Crippen LogP contribution in [-0.2, 0) is 19.6 Å². The van der Waals surface area contributed by atoms with Gasteiger partial charge < -0.3 is 10.1 Å². The Kier molecular flexibility index (Phi) is 7.86. The predicted molar refractivity (Wildman–Crippen MR) is 95.4 cm³/mol. The van der Waals surface area contributed by atoms with Crippen LogP contribution >= 0.6 is 0 Å².